The van der Waals surface area contributed by atoms with Gasteiger partial charge in [-0.1, -0.05) is 29.8 Å². The zero-order valence-corrected chi connectivity index (χ0v) is 19.7. The minimum atomic E-state index is 0.681. The molecule has 1 aliphatic carbocycles. The molecule has 2 aromatic carbocycles. The lowest BCUT2D eigenvalue weighted by Gasteiger charge is -2.08. The average Bonchev–Trinajstić information content (AvgIpc) is 3.35. The van der Waals surface area contributed by atoms with Gasteiger partial charge in [0.25, 0.3) is 0 Å². The molecule has 4 heteroatoms. The number of hydrogen-bond donors (Lipinski definition) is 1. The van der Waals surface area contributed by atoms with Crippen molar-refractivity contribution < 1.29 is 4.74 Å². The predicted molar refractivity (Wildman–Crippen MR) is 135 cm³/mol. The van der Waals surface area contributed by atoms with Crippen LogP contribution in [0.2, 0.25) is 0 Å². The molecule has 5 rings (SSSR count). The number of nitrogens with one attached hydrogen (secondary N) is 1. The van der Waals surface area contributed by atoms with Crippen LogP contribution in [0.4, 0.5) is 0 Å². The molecule has 168 valence electrons. The Morgan fingerprint density at radius 3 is 2.79 bits per heavy atom. The van der Waals surface area contributed by atoms with Gasteiger partial charge in [-0.2, -0.15) is 0 Å². The van der Waals surface area contributed by atoms with Crippen LogP contribution in [0.25, 0.3) is 17.0 Å². The monoisotopic (exact) mass is 437 g/mol. The molecular weight excluding hydrogens is 406 g/mol. The maximum absolute atomic E-state index is 5.68. The van der Waals surface area contributed by atoms with Gasteiger partial charge >= 0.3 is 0 Å². The van der Waals surface area contributed by atoms with Crippen LogP contribution in [0.3, 0.4) is 0 Å². The Morgan fingerprint density at radius 1 is 1.00 bits per heavy atom. The fraction of sp³-hybridized carbons (Fsp3) is 0.310. The van der Waals surface area contributed by atoms with Crippen molar-refractivity contribution in [2.45, 2.75) is 52.9 Å². The SMILES string of the molecule is CCOc1ccc2[nH]cc(CCCc3nc(C)cc(Cc4ccc5c(c4)CC(C)=C5)n3)c2c1. The van der Waals surface area contributed by atoms with Gasteiger partial charge in [-0.15, -0.1) is 0 Å². The van der Waals surface area contributed by atoms with E-state index in [0.29, 0.717) is 6.61 Å². The van der Waals surface area contributed by atoms with Crippen molar-refractivity contribution in [1.82, 2.24) is 15.0 Å². The van der Waals surface area contributed by atoms with Crippen LogP contribution in [-0.4, -0.2) is 21.6 Å². The van der Waals surface area contributed by atoms with E-state index in [2.05, 4.69) is 67.5 Å². The zero-order chi connectivity index (χ0) is 22.8. The number of H-pyrrole nitrogens is 1. The predicted octanol–water partition coefficient (Wildman–Crippen LogP) is 6.39. The normalized spacial score (nSPS) is 12.8. The van der Waals surface area contributed by atoms with Crippen molar-refractivity contribution >= 4 is 17.0 Å². The summed E-state index contributed by atoms with van der Waals surface area (Å²) < 4.78 is 5.68. The van der Waals surface area contributed by atoms with Crippen molar-refractivity contribution in [3.8, 4) is 5.75 Å². The third kappa shape index (κ3) is 4.85. The largest absolute Gasteiger partial charge is 0.494 e. The Bertz CT molecular complexity index is 1330. The molecule has 2 heterocycles. The smallest absolute Gasteiger partial charge is 0.128 e. The highest BCUT2D eigenvalue weighted by molar-refractivity contribution is 5.84. The lowest BCUT2D eigenvalue weighted by atomic mass is 10.0. The number of rotatable bonds is 8. The number of aromatic amines is 1. The van der Waals surface area contributed by atoms with E-state index in [1.807, 2.05) is 13.0 Å². The number of aromatic nitrogens is 3. The average molecular weight is 438 g/mol. The molecule has 1 aliphatic rings. The standard InChI is InChI=1S/C29H31N3O/c1-4-33-26-10-11-28-27(17-26)23(18-30-28)6-5-7-29-31-20(3)14-25(32-29)16-21-8-9-22-12-19(2)13-24(22)15-21/h8-12,14-15,17-18,30H,4-7,13,16H2,1-3H3. The van der Waals surface area contributed by atoms with Crippen molar-refractivity contribution in [2.75, 3.05) is 6.61 Å². The van der Waals surface area contributed by atoms with E-state index in [4.69, 9.17) is 14.7 Å². The number of ether oxygens (including phenoxy) is 1. The van der Waals surface area contributed by atoms with Crippen molar-refractivity contribution in [1.29, 1.82) is 0 Å². The van der Waals surface area contributed by atoms with E-state index in [1.165, 1.54) is 33.2 Å². The molecule has 0 amide bonds. The topological polar surface area (TPSA) is 50.8 Å². The molecule has 2 aromatic heterocycles. The molecular formula is C29H31N3O. The summed E-state index contributed by atoms with van der Waals surface area (Å²) in [5.74, 6) is 1.87. The van der Waals surface area contributed by atoms with Crippen molar-refractivity contribution in [2.24, 2.45) is 0 Å². The summed E-state index contributed by atoms with van der Waals surface area (Å²) in [6.07, 6.45) is 9.20. The fourth-order valence-corrected chi connectivity index (χ4v) is 4.85. The van der Waals surface area contributed by atoms with Crippen LogP contribution in [0.1, 0.15) is 59.7 Å². The fourth-order valence-electron chi connectivity index (χ4n) is 4.85. The van der Waals surface area contributed by atoms with E-state index in [1.54, 1.807) is 0 Å². The van der Waals surface area contributed by atoms with Gasteiger partial charge in [0.05, 0.1) is 6.61 Å². The molecule has 0 atom stereocenters. The summed E-state index contributed by atoms with van der Waals surface area (Å²) in [7, 11) is 0. The highest BCUT2D eigenvalue weighted by Crippen LogP contribution is 2.27. The summed E-state index contributed by atoms with van der Waals surface area (Å²) in [5.41, 5.74) is 10.2. The number of aryl methyl sites for hydroxylation is 3. The molecule has 4 nitrogen and oxygen atoms in total. The van der Waals surface area contributed by atoms with Crippen LogP contribution in [0.5, 0.6) is 5.75 Å². The molecule has 33 heavy (non-hydrogen) atoms. The summed E-state index contributed by atoms with van der Waals surface area (Å²) in [4.78, 5) is 13.0. The maximum Gasteiger partial charge on any atom is 0.128 e. The first kappa shape index (κ1) is 21.4. The molecule has 4 aromatic rings. The van der Waals surface area contributed by atoms with Gasteiger partial charge in [-0.05, 0) is 86.6 Å². The lowest BCUT2D eigenvalue weighted by Crippen LogP contribution is -2.03. The van der Waals surface area contributed by atoms with Crippen LogP contribution in [0, 0.1) is 6.92 Å². The summed E-state index contributed by atoms with van der Waals surface area (Å²) in [6.45, 7) is 6.97. The van der Waals surface area contributed by atoms with Gasteiger partial charge in [-0.25, -0.2) is 9.97 Å². The second kappa shape index (κ2) is 9.22. The van der Waals surface area contributed by atoms with Crippen LogP contribution < -0.4 is 4.74 Å². The third-order valence-electron chi connectivity index (χ3n) is 6.31. The van der Waals surface area contributed by atoms with Gasteiger partial charge in [0, 0.05) is 41.3 Å². The number of fused-ring (bicyclic) bond motifs is 2. The second-order valence-electron chi connectivity index (χ2n) is 9.10. The van der Waals surface area contributed by atoms with E-state index >= 15 is 0 Å². The molecule has 0 bridgehead atoms. The van der Waals surface area contributed by atoms with Crippen LogP contribution in [-0.2, 0) is 25.7 Å². The number of hydrogen-bond acceptors (Lipinski definition) is 3. The Labute approximate surface area is 195 Å². The van der Waals surface area contributed by atoms with Gasteiger partial charge in [0.1, 0.15) is 11.6 Å². The highest BCUT2D eigenvalue weighted by Gasteiger charge is 2.12. The van der Waals surface area contributed by atoms with Gasteiger partial charge in [-0.3, -0.25) is 0 Å². The number of benzene rings is 2. The minimum Gasteiger partial charge on any atom is -0.494 e. The first-order valence-corrected chi connectivity index (χ1v) is 11.9. The Kier molecular flexibility index (Phi) is 5.99. The minimum absolute atomic E-state index is 0.681. The zero-order valence-electron chi connectivity index (χ0n) is 19.7. The van der Waals surface area contributed by atoms with Crippen LogP contribution >= 0.6 is 0 Å². The number of nitrogens with zero attached hydrogens (tertiary/aromatic N) is 2. The third-order valence-corrected chi connectivity index (χ3v) is 6.31. The second-order valence-corrected chi connectivity index (χ2v) is 9.10. The Balaban J connectivity index is 1.25. The highest BCUT2D eigenvalue weighted by atomic mass is 16.5. The van der Waals surface area contributed by atoms with Crippen molar-refractivity contribution in [3.05, 3.63) is 93.7 Å². The van der Waals surface area contributed by atoms with Gasteiger partial charge in [0.2, 0.25) is 0 Å². The molecule has 0 saturated heterocycles. The van der Waals surface area contributed by atoms with E-state index in [0.717, 1.165) is 60.6 Å². The first-order chi connectivity index (χ1) is 16.1. The van der Waals surface area contributed by atoms with Gasteiger partial charge in [0.15, 0.2) is 0 Å². The van der Waals surface area contributed by atoms with Crippen molar-refractivity contribution in [3.63, 3.8) is 0 Å². The molecule has 0 saturated carbocycles. The molecule has 0 radical (unpaired) electrons. The summed E-state index contributed by atoms with van der Waals surface area (Å²) in [5, 5.41) is 1.24. The van der Waals surface area contributed by atoms with E-state index in [-0.39, 0.29) is 0 Å². The molecule has 0 fully saturated rings. The van der Waals surface area contributed by atoms with E-state index in [9.17, 15) is 0 Å². The van der Waals surface area contributed by atoms with Crippen LogP contribution in [0.15, 0.2) is 54.2 Å². The van der Waals surface area contributed by atoms with Gasteiger partial charge < -0.3 is 9.72 Å². The first-order valence-electron chi connectivity index (χ1n) is 11.9. The Morgan fingerprint density at radius 2 is 1.91 bits per heavy atom. The molecule has 0 unspecified atom stereocenters. The molecule has 1 N–H and O–H groups in total. The quantitative estimate of drug-likeness (QED) is 0.347. The molecule has 0 aliphatic heterocycles. The maximum atomic E-state index is 5.68. The van der Waals surface area contributed by atoms with E-state index < -0.39 is 0 Å². The Hall–Kier alpha value is -3.40. The summed E-state index contributed by atoms with van der Waals surface area (Å²) in [6, 6.07) is 15.2. The number of allylic oxidation sites excluding steroid dienone is 1. The summed E-state index contributed by atoms with van der Waals surface area (Å²) >= 11 is 0. The lowest BCUT2D eigenvalue weighted by molar-refractivity contribution is 0.340. The molecule has 0 spiro atoms.